The lowest BCUT2D eigenvalue weighted by Gasteiger charge is -2.38. The van der Waals surface area contributed by atoms with Crippen molar-refractivity contribution >= 4 is 12.6 Å². The molecule has 2 rings (SSSR count). The first kappa shape index (κ1) is 6.99. The van der Waals surface area contributed by atoms with Gasteiger partial charge in [-0.25, -0.2) is 0 Å². The maximum absolute atomic E-state index is 4.71. The Morgan fingerprint density at radius 2 is 2.20 bits per heavy atom. The fourth-order valence-electron chi connectivity index (χ4n) is 2.37. The SMILES string of the molecule is CN1[C@@H]2CCC[C@@]1(S)CC2. The number of hydrogen-bond donors (Lipinski definition) is 1. The lowest BCUT2D eigenvalue weighted by molar-refractivity contribution is 0.156. The van der Waals surface area contributed by atoms with E-state index in [1.807, 2.05) is 0 Å². The molecule has 0 aromatic rings. The van der Waals surface area contributed by atoms with Crippen molar-refractivity contribution in [2.45, 2.75) is 43.0 Å². The Hall–Kier alpha value is 0.310. The molecule has 0 amide bonds. The Morgan fingerprint density at radius 1 is 1.40 bits per heavy atom. The molecule has 0 radical (unpaired) electrons. The minimum absolute atomic E-state index is 0.281. The minimum Gasteiger partial charge on any atom is -0.289 e. The van der Waals surface area contributed by atoms with Gasteiger partial charge in [-0.15, -0.1) is 0 Å². The summed E-state index contributed by atoms with van der Waals surface area (Å²) in [6.45, 7) is 0. The molecular formula is C8H15NS. The lowest BCUT2D eigenvalue weighted by atomic mass is 10.0. The fourth-order valence-corrected chi connectivity index (χ4v) is 2.82. The number of fused-ring (bicyclic) bond motifs is 2. The maximum Gasteiger partial charge on any atom is 0.0641 e. The monoisotopic (exact) mass is 157 g/mol. The van der Waals surface area contributed by atoms with E-state index in [4.69, 9.17) is 12.6 Å². The van der Waals surface area contributed by atoms with Gasteiger partial charge in [0.05, 0.1) is 4.87 Å². The molecule has 0 spiro atoms. The smallest absolute Gasteiger partial charge is 0.0641 e. The highest BCUT2D eigenvalue weighted by atomic mass is 32.1. The number of thiol groups is 1. The molecule has 2 heterocycles. The van der Waals surface area contributed by atoms with Gasteiger partial charge in [0, 0.05) is 6.04 Å². The van der Waals surface area contributed by atoms with Gasteiger partial charge in [0.15, 0.2) is 0 Å². The van der Waals surface area contributed by atoms with E-state index >= 15 is 0 Å². The fraction of sp³-hybridized carbons (Fsp3) is 1.00. The molecule has 2 aliphatic rings. The van der Waals surface area contributed by atoms with E-state index in [9.17, 15) is 0 Å². The van der Waals surface area contributed by atoms with Crippen LogP contribution in [0.1, 0.15) is 32.1 Å². The highest BCUT2D eigenvalue weighted by Gasteiger charge is 2.43. The quantitative estimate of drug-likeness (QED) is 0.526. The van der Waals surface area contributed by atoms with Crippen LogP contribution >= 0.6 is 12.6 Å². The third kappa shape index (κ3) is 0.817. The first-order valence-corrected chi connectivity index (χ1v) is 4.62. The van der Waals surface area contributed by atoms with Crippen LogP contribution in [-0.4, -0.2) is 22.9 Å². The van der Waals surface area contributed by atoms with Crippen molar-refractivity contribution < 1.29 is 0 Å². The Morgan fingerprint density at radius 3 is 2.80 bits per heavy atom. The van der Waals surface area contributed by atoms with Gasteiger partial charge >= 0.3 is 0 Å². The van der Waals surface area contributed by atoms with Gasteiger partial charge in [-0.3, -0.25) is 4.90 Å². The number of piperidine rings is 1. The van der Waals surface area contributed by atoms with Gasteiger partial charge in [0.1, 0.15) is 0 Å². The second-order valence-corrected chi connectivity index (χ2v) is 4.51. The standard InChI is InChI=1S/C8H15NS/c1-9-7-3-2-5-8(9,10)6-4-7/h7,10H,2-6H2,1H3/t7-,8-/m1/s1. The number of hydrogen-bond acceptors (Lipinski definition) is 2. The van der Waals surface area contributed by atoms with Crippen LogP contribution in [-0.2, 0) is 0 Å². The van der Waals surface area contributed by atoms with Crippen molar-refractivity contribution in [3.8, 4) is 0 Å². The average Bonchev–Trinajstić information content (AvgIpc) is 2.18. The Kier molecular flexibility index (Phi) is 1.50. The molecule has 10 heavy (non-hydrogen) atoms. The Labute approximate surface area is 68.2 Å². The molecular weight excluding hydrogens is 142 g/mol. The molecule has 0 aromatic carbocycles. The van der Waals surface area contributed by atoms with Gasteiger partial charge in [-0.2, -0.15) is 12.6 Å². The maximum atomic E-state index is 4.71. The van der Waals surface area contributed by atoms with Crippen LogP contribution in [0.5, 0.6) is 0 Å². The molecule has 2 aliphatic heterocycles. The van der Waals surface area contributed by atoms with E-state index in [1.165, 1.54) is 32.1 Å². The molecule has 2 atom stereocenters. The normalized spacial score (nSPS) is 48.0. The van der Waals surface area contributed by atoms with Crippen LogP contribution in [0.25, 0.3) is 0 Å². The predicted octanol–water partition coefficient (Wildman–Crippen LogP) is 1.89. The third-order valence-electron chi connectivity index (χ3n) is 3.20. The van der Waals surface area contributed by atoms with Gasteiger partial charge < -0.3 is 0 Å². The summed E-state index contributed by atoms with van der Waals surface area (Å²) in [5.41, 5.74) is 0. The Bertz CT molecular complexity index is 144. The average molecular weight is 157 g/mol. The van der Waals surface area contributed by atoms with Crippen molar-refractivity contribution in [3.63, 3.8) is 0 Å². The molecule has 2 heteroatoms. The van der Waals surface area contributed by atoms with Crippen molar-refractivity contribution in [3.05, 3.63) is 0 Å². The molecule has 0 aliphatic carbocycles. The number of rotatable bonds is 0. The van der Waals surface area contributed by atoms with Crippen LogP contribution in [0.15, 0.2) is 0 Å². The summed E-state index contributed by atoms with van der Waals surface area (Å²) in [7, 11) is 2.23. The highest BCUT2D eigenvalue weighted by Crippen LogP contribution is 2.44. The van der Waals surface area contributed by atoms with Crippen molar-refractivity contribution in [2.75, 3.05) is 7.05 Å². The van der Waals surface area contributed by atoms with E-state index in [0.29, 0.717) is 0 Å². The molecule has 2 fully saturated rings. The summed E-state index contributed by atoms with van der Waals surface area (Å²) >= 11 is 4.71. The molecule has 2 bridgehead atoms. The van der Waals surface area contributed by atoms with Crippen LogP contribution in [0, 0.1) is 0 Å². The van der Waals surface area contributed by atoms with Gasteiger partial charge in [-0.1, -0.05) is 0 Å². The first-order chi connectivity index (χ1) is 4.72. The van der Waals surface area contributed by atoms with Crippen molar-refractivity contribution in [2.24, 2.45) is 0 Å². The van der Waals surface area contributed by atoms with E-state index < -0.39 is 0 Å². The molecule has 0 unspecified atom stereocenters. The zero-order valence-electron chi connectivity index (χ0n) is 6.51. The van der Waals surface area contributed by atoms with Gasteiger partial charge in [0.25, 0.3) is 0 Å². The number of nitrogens with zero attached hydrogens (tertiary/aromatic N) is 1. The highest BCUT2D eigenvalue weighted by molar-refractivity contribution is 7.81. The molecule has 0 aromatic heterocycles. The van der Waals surface area contributed by atoms with E-state index in [0.717, 1.165) is 6.04 Å². The Balaban J connectivity index is 2.21. The van der Waals surface area contributed by atoms with Crippen LogP contribution in [0.4, 0.5) is 0 Å². The largest absolute Gasteiger partial charge is 0.289 e. The van der Waals surface area contributed by atoms with Gasteiger partial charge in [-0.05, 0) is 39.2 Å². The summed E-state index contributed by atoms with van der Waals surface area (Å²) in [5, 5.41) is 0. The van der Waals surface area contributed by atoms with Crippen LogP contribution < -0.4 is 0 Å². The summed E-state index contributed by atoms with van der Waals surface area (Å²) in [5.74, 6) is 0. The minimum atomic E-state index is 0.281. The van der Waals surface area contributed by atoms with Crippen LogP contribution in [0.3, 0.4) is 0 Å². The topological polar surface area (TPSA) is 3.24 Å². The second kappa shape index (κ2) is 2.15. The summed E-state index contributed by atoms with van der Waals surface area (Å²) in [6, 6.07) is 0.853. The van der Waals surface area contributed by atoms with E-state index in [2.05, 4.69) is 11.9 Å². The molecule has 1 nitrogen and oxygen atoms in total. The molecule has 0 saturated carbocycles. The second-order valence-electron chi connectivity index (χ2n) is 3.68. The molecule has 0 N–H and O–H groups in total. The molecule has 2 saturated heterocycles. The first-order valence-electron chi connectivity index (χ1n) is 4.18. The summed E-state index contributed by atoms with van der Waals surface area (Å²) < 4.78 is 0. The van der Waals surface area contributed by atoms with E-state index in [1.54, 1.807) is 0 Å². The zero-order chi connectivity index (χ0) is 7.19. The van der Waals surface area contributed by atoms with Crippen molar-refractivity contribution in [1.29, 1.82) is 0 Å². The molecule has 58 valence electrons. The van der Waals surface area contributed by atoms with Crippen LogP contribution in [0.2, 0.25) is 0 Å². The van der Waals surface area contributed by atoms with Crippen molar-refractivity contribution in [1.82, 2.24) is 4.90 Å². The zero-order valence-corrected chi connectivity index (χ0v) is 7.40. The lowest BCUT2D eigenvalue weighted by Crippen LogP contribution is -2.43. The van der Waals surface area contributed by atoms with Gasteiger partial charge in [0.2, 0.25) is 0 Å². The predicted molar refractivity (Wildman–Crippen MR) is 46.4 cm³/mol. The summed E-state index contributed by atoms with van der Waals surface area (Å²) in [4.78, 5) is 2.75. The van der Waals surface area contributed by atoms with E-state index in [-0.39, 0.29) is 4.87 Å². The summed E-state index contributed by atoms with van der Waals surface area (Å²) in [6.07, 6.45) is 6.76. The third-order valence-corrected chi connectivity index (χ3v) is 3.96.